The molecule has 0 aromatic carbocycles. The Morgan fingerprint density at radius 1 is 1.15 bits per heavy atom. The second-order valence-corrected chi connectivity index (χ2v) is 6.10. The molecule has 20 heavy (non-hydrogen) atoms. The van der Waals surface area contributed by atoms with Crippen molar-refractivity contribution in [2.75, 3.05) is 13.1 Å². The first-order chi connectivity index (χ1) is 9.55. The minimum atomic E-state index is -0.726. The molecule has 1 atom stereocenters. The number of hydrogen-bond donors (Lipinski definition) is 1. The Kier molecular flexibility index (Phi) is 3.18. The number of likely N-dealkylation sites (tertiary alicyclic amines) is 1. The third kappa shape index (κ3) is 1.89. The largest absolute Gasteiger partial charge is 0.341 e. The van der Waals surface area contributed by atoms with Crippen LogP contribution in [0.2, 0.25) is 0 Å². The molecule has 2 saturated heterocycles. The number of carbonyl (C=O) groups is 3. The summed E-state index contributed by atoms with van der Waals surface area (Å²) in [4.78, 5) is 40.0. The molecule has 6 heteroatoms. The summed E-state index contributed by atoms with van der Waals surface area (Å²) in [5.41, 5.74) is -0.726. The maximum atomic E-state index is 12.6. The summed E-state index contributed by atoms with van der Waals surface area (Å²) in [5.74, 6) is -0.318. The highest BCUT2D eigenvalue weighted by Gasteiger charge is 2.54. The van der Waals surface area contributed by atoms with Crippen LogP contribution in [0.4, 0.5) is 4.79 Å². The Morgan fingerprint density at radius 2 is 1.75 bits per heavy atom. The van der Waals surface area contributed by atoms with Gasteiger partial charge in [0, 0.05) is 13.1 Å². The van der Waals surface area contributed by atoms with Gasteiger partial charge in [-0.1, -0.05) is 12.8 Å². The number of hydrogen-bond acceptors (Lipinski definition) is 3. The summed E-state index contributed by atoms with van der Waals surface area (Å²) in [6, 6.07) is -1.10. The molecule has 2 aliphatic heterocycles. The van der Waals surface area contributed by atoms with E-state index < -0.39 is 17.6 Å². The van der Waals surface area contributed by atoms with E-state index in [1.807, 2.05) is 0 Å². The van der Waals surface area contributed by atoms with Gasteiger partial charge in [-0.2, -0.15) is 0 Å². The summed E-state index contributed by atoms with van der Waals surface area (Å²) in [7, 11) is 0. The molecule has 6 nitrogen and oxygen atoms in total. The van der Waals surface area contributed by atoms with Gasteiger partial charge in [0.2, 0.25) is 5.91 Å². The van der Waals surface area contributed by atoms with E-state index in [9.17, 15) is 14.4 Å². The number of urea groups is 1. The Morgan fingerprint density at radius 3 is 2.35 bits per heavy atom. The van der Waals surface area contributed by atoms with Gasteiger partial charge in [0.05, 0.1) is 0 Å². The Bertz CT molecular complexity index is 451. The normalized spacial score (nSPS) is 26.4. The molecular weight excluding hydrogens is 258 g/mol. The second-order valence-electron chi connectivity index (χ2n) is 6.10. The van der Waals surface area contributed by atoms with Crippen LogP contribution in [0, 0.1) is 0 Å². The molecule has 0 aromatic heterocycles. The summed E-state index contributed by atoms with van der Waals surface area (Å²) >= 11 is 0. The first-order valence-electron chi connectivity index (χ1n) is 7.50. The van der Waals surface area contributed by atoms with Crippen molar-refractivity contribution >= 4 is 17.8 Å². The summed E-state index contributed by atoms with van der Waals surface area (Å²) in [5, 5.41) is 2.82. The van der Waals surface area contributed by atoms with Crippen molar-refractivity contribution in [3.63, 3.8) is 0 Å². The highest BCUT2D eigenvalue weighted by Crippen LogP contribution is 2.36. The number of imide groups is 1. The first-order valence-corrected chi connectivity index (χ1v) is 7.50. The smallest absolute Gasteiger partial charge is 0.325 e. The lowest BCUT2D eigenvalue weighted by Gasteiger charge is -2.26. The van der Waals surface area contributed by atoms with E-state index in [0.717, 1.165) is 43.7 Å². The average Bonchev–Trinajstić information content (AvgIpc) is 3.12. The fourth-order valence-electron chi connectivity index (χ4n) is 3.62. The molecule has 0 bridgehead atoms. The fourth-order valence-corrected chi connectivity index (χ4v) is 3.62. The molecule has 3 rings (SSSR count). The standard InChI is InChI=1S/C14H21N3O3/c1-10(11(18)16-8-4-5-9-16)17-12(19)14(15-13(17)20)6-2-3-7-14/h10H,2-9H2,1H3,(H,15,20). The van der Waals surface area contributed by atoms with Gasteiger partial charge in [0.1, 0.15) is 11.6 Å². The van der Waals surface area contributed by atoms with E-state index in [2.05, 4.69) is 5.32 Å². The molecule has 0 radical (unpaired) electrons. The zero-order valence-corrected chi connectivity index (χ0v) is 11.9. The molecule has 1 N–H and O–H groups in total. The van der Waals surface area contributed by atoms with E-state index in [4.69, 9.17) is 0 Å². The van der Waals surface area contributed by atoms with Gasteiger partial charge >= 0.3 is 6.03 Å². The number of rotatable bonds is 2. The van der Waals surface area contributed by atoms with E-state index in [0.29, 0.717) is 12.8 Å². The van der Waals surface area contributed by atoms with Crippen LogP contribution in [0.1, 0.15) is 45.4 Å². The van der Waals surface area contributed by atoms with Gasteiger partial charge < -0.3 is 10.2 Å². The molecular formula is C14H21N3O3. The summed E-state index contributed by atoms with van der Waals surface area (Å²) in [6.07, 6.45) is 5.30. The predicted molar refractivity (Wildman–Crippen MR) is 71.9 cm³/mol. The molecule has 1 saturated carbocycles. The van der Waals surface area contributed by atoms with Crippen molar-refractivity contribution in [2.24, 2.45) is 0 Å². The van der Waals surface area contributed by atoms with E-state index in [1.54, 1.807) is 11.8 Å². The number of nitrogens with zero attached hydrogens (tertiary/aromatic N) is 2. The molecule has 3 fully saturated rings. The van der Waals surface area contributed by atoms with Crippen molar-refractivity contribution in [2.45, 2.75) is 57.0 Å². The average molecular weight is 279 g/mol. The summed E-state index contributed by atoms with van der Waals surface area (Å²) in [6.45, 7) is 3.13. The zero-order chi connectivity index (χ0) is 14.3. The minimum Gasteiger partial charge on any atom is -0.341 e. The molecule has 3 aliphatic rings. The molecule has 4 amide bonds. The second kappa shape index (κ2) is 4.75. The van der Waals surface area contributed by atoms with Crippen LogP contribution in [-0.2, 0) is 9.59 Å². The Balaban J connectivity index is 1.77. The SMILES string of the molecule is CC(C(=O)N1CCCC1)N1C(=O)NC2(CCCC2)C1=O. The van der Waals surface area contributed by atoms with Crippen LogP contribution in [0.5, 0.6) is 0 Å². The van der Waals surface area contributed by atoms with E-state index >= 15 is 0 Å². The predicted octanol–water partition coefficient (Wildman–Crippen LogP) is 0.862. The van der Waals surface area contributed by atoms with Crippen molar-refractivity contribution in [3.8, 4) is 0 Å². The van der Waals surface area contributed by atoms with Gasteiger partial charge in [-0.05, 0) is 32.6 Å². The third-order valence-corrected chi connectivity index (χ3v) is 4.81. The van der Waals surface area contributed by atoms with Crippen molar-refractivity contribution in [3.05, 3.63) is 0 Å². The molecule has 1 unspecified atom stereocenters. The van der Waals surface area contributed by atoms with Crippen LogP contribution in [-0.4, -0.2) is 52.3 Å². The lowest BCUT2D eigenvalue weighted by Crippen LogP contribution is -2.50. The fraction of sp³-hybridized carbons (Fsp3) is 0.786. The molecule has 1 spiro atoms. The van der Waals surface area contributed by atoms with Crippen LogP contribution in [0.25, 0.3) is 0 Å². The van der Waals surface area contributed by atoms with Gasteiger partial charge in [0.25, 0.3) is 5.91 Å². The van der Waals surface area contributed by atoms with Crippen LogP contribution < -0.4 is 5.32 Å². The highest BCUT2D eigenvalue weighted by atomic mass is 16.2. The lowest BCUT2D eigenvalue weighted by atomic mass is 9.97. The van der Waals surface area contributed by atoms with Crippen molar-refractivity contribution in [1.82, 2.24) is 15.1 Å². The van der Waals surface area contributed by atoms with Gasteiger partial charge in [0.15, 0.2) is 0 Å². The van der Waals surface area contributed by atoms with Crippen molar-refractivity contribution < 1.29 is 14.4 Å². The number of nitrogens with one attached hydrogen (secondary N) is 1. The quantitative estimate of drug-likeness (QED) is 0.762. The topological polar surface area (TPSA) is 69.7 Å². The molecule has 110 valence electrons. The van der Waals surface area contributed by atoms with Gasteiger partial charge in [-0.25, -0.2) is 9.69 Å². The van der Waals surface area contributed by atoms with Crippen LogP contribution in [0.3, 0.4) is 0 Å². The highest BCUT2D eigenvalue weighted by molar-refractivity contribution is 6.09. The molecule has 1 aliphatic carbocycles. The number of carbonyl (C=O) groups excluding carboxylic acids is 3. The van der Waals surface area contributed by atoms with E-state index in [1.165, 1.54) is 0 Å². The molecule has 0 aromatic rings. The monoisotopic (exact) mass is 279 g/mol. The van der Waals surface area contributed by atoms with E-state index in [-0.39, 0.29) is 11.8 Å². The zero-order valence-electron chi connectivity index (χ0n) is 11.9. The van der Waals surface area contributed by atoms with Crippen LogP contribution >= 0.6 is 0 Å². The Labute approximate surface area is 118 Å². The number of amides is 4. The maximum absolute atomic E-state index is 12.6. The third-order valence-electron chi connectivity index (χ3n) is 4.81. The first kappa shape index (κ1) is 13.4. The lowest BCUT2D eigenvalue weighted by molar-refractivity contribution is -0.142. The minimum absolute atomic E-state index is 0.110. The van der Waals surface area contributed by atoms with Crippen molar-refractivity contribution in [1.29, 1.82) is 0 Å². The van der Waals surface area contributed by atoms with Crippen LogP contribution in [0.15, 0.2) is 0 Å². The summed E-state index contributed by atoms with van der Waals surface area (Å²) < 4.78 is 0. The van der Waals surface area contributed by atoms with Gasteiger partial charge in [-0.3, -0.25) is 9.59 Å². The molecule has 2 heterocycles. The van der Waals surface area contributed by atoms with Gasteiger partial charge in [-0.15, -0.1) is 0 Å². The Hall–Kier alpha value is -1.59. The maximum Gasteiger partial charge on any atom is 0.325 e.